The number of hydrogen-bond donors (Lipinski definition) is 1. The van der Waals surface area contributed by atoms with Gasteiger partial charge < -0.3 is 24.3 Å². The van der Waals surface area contributed by atoms with E-state index in [2.05, 4.69) is 43.2 Å². The lowest BCUT2D eigenvalue weighted by Gasteiger charge is -2.26. The molecule has 0 saturated carbocycles. The van der Waals surface area contributed by atoms with Gasteiger partial charge in [0, 0.05) is 57.1 Å². The Balaban J connectivity index is 0.000000157. The fourth-order valence-corrected chi connectivity index (χ4v) is 6.59. The summed E-state index contributed by atoms with van der Waals surface area (Å²) in [6.07, 6.45) is 0. The quantitative estimate of drug-likeness (QED) is 0.123. The van der Waals surface area contributed by atoms with E-state index in [9.17, 15) is 10.1 Å². The van der Waals surface area contributed by atoms with Crippen molar-refractivity contribution in [2.45, 2.75) is 26.2 Å². The summed E-state index contributed by atoms with van der Waals surface area (Å²) in [4.78, 5) is 25.1. The number of non-ortho nitro benzene ring substituents is 1. The largest absolute Gasteiger partial charge is 0.399 e. The number of anilines is 1. The molecule has 0 aliphatic carbocycles. The highest BCUT2D eigenvalue weighted by Gasteiger charge is 2.19. The number of fused-ring (bicyclic) bond motifs is 2. The SMILES string of the molecule is Nc1cccc(Cn2c(CN3CCOCC3)nc3ccccc32)c1.O=[N+]([O-])c1cccc(Cn2c(CN3CCOCC3)nc3ccccc32)c1. The van der Waals surface area contributed by atoms with Gasteiger partial charge in [-0.05, 0) is 47.5 Å². The third-order valence-electron chi connectivity index (χ3n) is 9.16. The second-order valence-electron chi connectivity index (χ2n) is 12.7. The van der Waals surface area contributed by atoms with Gasteiger partial charge in [0.15, 0.2) is 0 Å². The van der Waals surface area contributed by atoms with Crippen molar-refractivity contribution in [2.24, 2.45) is 0 Å². The Morgan fingerprint density at radius 3 is 1.60 bits per heavy atom. The Morgan fingerprint density at radius 1 is 0.620 bits per heavy atom. The van der Waals surface area contributed by atoms with Crippen LogP contribution in [0.3, 0.4) is 0 Å². The van der Waals surface area contributed by atoms with E-state index >= 15 is 0 Å². The summed E-state index contributed by atoms with van der Waals surface area (Å²) >= 11 is 0. The van der Waals surface area contributed by atoms with E-state index < -0.39 is 0 Å². The molecule has 12 nitrogen and oxygen atoms in total. The van der Waals surface area contributed by atoms with Crippen LogP contribution in [-0.4, -0.2) is 86.4 Å². The highest BCUT2D eigenvalue weighted by atomic mass is 16.6. The number of aromatic nitrogens is 4. The number of benzene rings is 4. The van der Waals surface area contributed by atoms with Gasteiger partial charge in [-0.15, -0.1) is 0 Å². The smallest absolute Gasteiger partial charge is 0.269 e. The van der Waals surface area contributed by atoms with Crippen LogP contribution >= 0.6 is 0 Å². The molecule has 4 heterocycles. The minimum Gasteiger partial charge on any atom is -0.399 e. The Labute approximate surface area is 290 Å². The minimum absolute atomic E-state index is 0.113. The topological polar surface area (TPSA) is 130 Å². The van der Waals surface area contributed by atoms with Gasteiger partial charge in [-0.3, -0.25) is 19.9 Å². The molecule has 8 rings (SSSR count). The van der Waals surface area contributed by atoms with Crippen molar-refractivity contribution in [2.75, 3.05) is 58.3 Å². The molecule has 0 spiro atoms. The molecule has 2 aliphatic rings. The lowest BCUT2D eigenvalue weighted by atomic mass is 10.2. The molecule has 0 radical (unpaired) electrons. The summed E-state index contributed by atoms with van der Waals surface area (Å²) in [6, 6.07) is 31.2. The highest BCUT2D eigenvalue weighted by Crippen LogP contribution is 2.23. The van der Waals surface area contributed by atoms with Crippen LogP contribution in [0, 0.1) is 10.1 Å². The summed E-state index contributed by atoms with van der Waals surface area (Å²) < 4.78 is 15.3. The average Bonchev–Trinajstić information content (AvgIpc) is 3.66. The second-order valence-corrected chi connectivity index (χ2v) is 12.7. The van der Waals surface area contributed by atoms with Gasteiger partial charge in [0.25, 0.3) is 5.69 Å². The number of hydrogen-bond acceptors (Lipinski definition) is 9. The first-order chi connectivity index (χ1) is 24.5. The van der Waals surface area contributed by atoms with Crippen LogP contribution in [0.1, 0.15) is 22.8 Å². The van der Waals surface area contributed by atoms with Crippen molar-refractivity contribution >= 4 is 33.4 Å². The molecule has 4 aromatic carbocycles. The molecule has 2 aliphatic heterocycles. The Morgan fingerprint density at radius 2 is 1.10 bits per heavy atom. The molecule has 2 saturated heterocycles. The summed E-state index contributed by atoms with van der Waals surface area (Å²) in [5.74, 6) is 2.07. The Bertz CT molecular complexity index is 2060. The molecule has 258 valence electrons. The van der Waals surface area contributed by atoms with Gasteiger partial charge in [0.2, 0.25) is 0 Å². The molecule has 0 bridgehead atoms. The molecule has 6 aromatic rings. The van der Waals surface area contributed by atoms with Crippen LogP contribution in [0.4, 0.5) is 11.4 Å². The van der Waals surface area contributed by atoms with E-state index in [1.54, 1.807) is 12.1 Å². The molecule has 2 fully saturated rings. The molecule has 2 N–H and O–H groups in total. The molecular formula is C38H42N8O4. The summed E-state index contributed by atoms with van der Waals surface area (Å²) in [7, 11) is 0. The highest BCUT2D eigenvalue weighted by molar-refractivity contribution is 5.76. The van der Waals surface area contributed by atoms with Gasteiger partial charge >= 0.3 is 0 Å². The van der Waals surface area contributed by atoms with Crippen LogP contribution in [0.2, 0.25) is 0 Å². The van der Waals surface area contributed by atoms with Crippen molar-refractivity contribution in [3.05, 3.63) is 130 Å². The second kappa shape index (κ2) is 15.6. The number of rotatable bonds is 9. The number of morpholine rings is 2. The Kier molecular flexibility index (Phi) is 10.4. The fourth-order valence-electron chi connectivity index (χ4n) is 6.59. The maximum Gasteiger partial charge on any atom is 0.269 e. The van der Waals surface area contributed by atoms with Gasteiger partial charge in [0.1, 0.15) is 11.6 Å². The molecule has 12 heteroatoms. The minimum atomic E-state index is -0.357. The molecule has 0 atom stereocenters. The molecule has 50 heavy (non-hydrogen) atoms. The number of nitrogens with zero attached hydrogens (tertiary/aromatic N) is 7. The molecule has 0 amide bonds. The Hall–Kier alpha value is -5.14. The number of nitro benzene ring substituents is 1. The van der Waals surface area contributed by atoms with Crippen molar-refractivity contribution < 1.29 is 14.4 Å². The third-order valence-corrected chi connectivity index (χ3v) is 9.16. The van der Waals surface area contributed by atoms with Crippen LogP contribution in [-0.2, 0) is 35.7 Å². The van der Waals surface area contributed by atoms with Gasteiger partial charge in [-0.1, -0.05) is 48.5 Å². The van der Waals surface area contributed by atoms with Crippen LogP contribution in [0.15, 0.2) is 97.1 Å². The van der Waals surface area contributed by atoms with E-state index in [1.165, 1.54) is 17.1 Å². The first-order valence-corrected chi connectivity index (χ1v) is 17.1. The predicted molar refractivity (Wildman–Crippen MR) is 194 cm³/mol. The zero-order chi connectivity index (χ0) is 34.3. The van der Waals surface area contributed by atoms with E-state index in [0.29, 0.717) is 6.54 Å². The number of ether oxygens (including phenoxy) is 2. The van der Waals surface area contributed by atoms with Crippen LogP contribution in [0.5, 0.6) is 0 Å². The van der Waals surface area contributed by atoms with Crippen molar-refractivity contribution in [3.63, 3.8) is 0 Å². The van der Waals surface area contributed by atoms with Crippen molar-refractivity contribution in [1.82, 2.24) is 28.9 Å². The standard InChI is InChI=1S/C19H20N4O3.C19H22N4O/c24-23(25)16-5-3-4-15(12-16)13-22-18-7-2-1-6-17(18)20-19(22)14-21-8-10-26-11-9-21;20-16-5-3-4-15(12-16)13-23-18-7-2-1-6-17(18)21-19(23)14-22-8-10-24-11-9-22/h1-7,12H,8-11,13-14H2;1-7,12H,8-11,13-14,20H2. The molecular weight excluding hydrogens is 632 g/mol. The maximum atomic E-state index is 11.1. The van der Waals surface area contributed by atoms with Gasteiger partial charge in [0.05, 0.1) is 66.5 Å². The number of imidazole rings is 2. The number of para-hydroxylation sites is 4. The number of nitrogen functional groups attached to an aromatic ring is 1. The summed E-state index contributed by atoms with van der Waals surface area (Å²) in [5, 5.41) is 11.1. The van der Waals surface area contributed by atoms with E-state index in [-0.39, 0.29) is 10.6 Å². The number of nitrogens with two attached hydrogens (primary N) is 1. The van der Waals surface area contributed by atoms with E-state index in [0.717, 1.165) is 112 Å². The normalized spacial score (nSPS) is 15.6. The predicted octanol–water partition coefficient (Wildman–Crippen LogP) is 5.32. The van der Waals surface area contributed by atoms with Crippen molar-refractivity contribution in [1.29, 1.82) is 0 Å². The number of nitro groups is 1. The lowest BCUT2D eigenvalue weighted by Crippen LogP contribution is -2.36. The first kappa shape index (κ1) is 33.4. The zero-order valence-corrected chi connectivity index (χ0v) is 28.1. The maximum absolute atomic E-state index is 11.1. The third kappa shape index (κ3) is 8.01. The van der Waals surface area contributed by atoms with Crippen LogP contribution in [0.25, 0.3) is 22.1 Å². The molecule has 0 unspecified atom stereocenters. The lowest BCUT2D eigenvalue weighted by molar-refractivity contribution is -0.384. The zero-order valence-electron chi connectivity index (χ0n) is 28.1. The summed E-state index contributed by atoms with van der Waals surface area (Å²) in [6.45, 7) is 9.71. The summed E-state index contributed by atoms with van der Waals surface area (Å²) in [5.41, 5.74) is 13.1. The van der Waals surface area contributed by atoms with Crippen molar-refractivity contribution in [3.8, 4) is 0 Å². The van der Waals surface area contributed by atoms with Gasteiger partial charge in [-0.2, -0.15) is 0 Å². The fraction of sp³-hybridized carbons (Fsp3) is 0.316. The van der Waals surface area contributed by atoms with Crippen LogP contribution < -0.4 is 5.73 Å². The van der Waals surface area contributed by atoms with E-state index in [4.69, 9.17) is 25.2 Å². The van der Waals surface area contributed by atoms with Gasteiger partial charge in [-0.25, -0.2) is 9.97 Å². The molecule has 2 aromatic heterocycles. The first-order valence-electron chi connectivity index (χ1n) is 17.1. The monoisotopic (exact) mass is 674 g/mol. The van der Waals surface area contributed by atoms with E-state index in [1.807, 2.05) is 54.6 Å². The average molecular weight is 675 g/mol.